The summed E-state index contributed by atoms with van der Waals surface area (Å²) in [5.74, 6) is 2.00. The van der Waals surface area contributed by atoms with E-state index in [0.29, 0.717) is 0 Å². The molecule has 1 N–H and O–H groups in total. The lowest BCUT2D eigenvalue weighted by atomic mass is 9.95. The molecule has 2 aromatic rings. The van der Waals surface area contributed by atoms with Crippen molar-refractivity contribution in [3.8, 4) is 5.75 Å². The van der Waals surface area contributed by atoms with Gasteiger partial charge in [0.05, 0.1) is 18.9 Å². The highest BCUT2D eigenvalue weighted by Crippen LogP contribution is 2.36. The Hall–Kier alpha value is -1.74. The van der Waals surface area contributed by atoms with Crippen molar-refractivity contribution in [2.45, 2.75) is 32.7 Å². The van der Waals surface area contributed by atoms with Crippen LogP contribution < -0.4 is 10.1 Å². The van der Waals surface area contributed by atoms with Gasteiger partial charge in [-0.05, 0) is 37.9 Å². The Morgan fingerprint density at radius 2 is 2.25 bits per heavy atom. The van der Waals surface area contributed by atoms with Gasteiger partial charge < -0.3 is 14.5 Å². The molecule has 0 saturated carbocycles. The average molecular weight is 271 g/mol. The third-order valence-corrected chi connectivity index (χ3v) is 3.77. The summed E-state index contributed by atoms with van der Waals surface area (Å²) in [4.78, 5) is 0. The third kappa shape index (κ3) is 2.46. The minimum absolute atomic E-state index is 0.130. The SMILES string of the molecule is CCNC(c1coc(C)c1)c1cccc2c1OCCC2. The van der Waals surface area contributed by atoms with Gasteiger partial charge in [0, 0.05) is 11.1 Å². The maximum Gasteiger partial charge on any atom is 0.127 e. The number of ether oxygens (including phenoxy) is 1. The molecule has 1 aliphatic heterocycles. The smallest absolute Gasteiger partial charge is 0.127 e. The van der Waals surface area contributed by atoms with Crippen molar-refractivity contribution in [1.82, 2.24) is 5.32 Å². The van der Waals surface area contributed by atoms with Crippen LogP contribution >= 0.6 is 0 Å². The Kier molecular flexibility index (Phi) is 3.79. The lowest BCUT2D eigenvalue weighted by Crippen LogP contribution is -2.23. The van der Waals surface area contributed by atoms with Crippen LogP contribution in [0.2, 0.25) is 0 Å². The second kappa shape index (κ2) is 5.71. The second-order valence-corrected chi connectivity index (χ2v) is 5.27. The van der Waals surface area contributed by atoms with Gasteiger partial charge in [-0.25, -0.2) is 0 Å². The van der Waals surface area contributed by atoms with Crippen molar-refractivity contribution in [1.29, 1.82) is 0 Å². The summed E-state index contributed by atoms with van der Waals surface area (Å²) in [6.07, 6.45) is 4.05. The summed E-state index contributed by atoms with van der Waals surface area (Å²) in [7, 11) is 0. The number of benzene rings is 1. The molecule has 1 aromatic carbocycles. The zero-order chi connectivity index (χ0) is 13.9. The number of furan rings is 1. The van der Waals surface area contributed by atoms with Crippen LogP contribution in [0.15, 0.2) is 34.9 Å². The van der Waals surface area contributed by atoms with Gasteiger partial charge >= 0.3 is 0 Å². The quantitative estimate of drug-likeness (QED) is 0.922. The van der Waals surface area contributed by atoms with E-state index in [-0.39, 0.29) is 6.04 Å². The van der Waals surface area contributed by atoms with Gasteiger partial charge in [0.2, 0.25) is 0 Å². The van der Waals surface area contributed by atoms with Crippen LogP contribution in [0, 0.1) is 6.92 Å². The summed E-state index contributed by atoms with van der Waals surface area (Å²) in [5.41, 5.74) is 3.69. The van der Waals surface area contributed by atoms with E-state index in [1.165, 1.54) is 11.1 Å². The van der Waals surface area contributed by atoms with E-state index in [1.54, 1.807) is 0 Å². The summed E-state index contributed by atoms with van der Waals surface area (Å²) in [6, 6.07) is 8.67. The molecule has 0 fully saturated rings. The van der Waals surface area contributed by atoms with E-state index in [0.717, 1.165) is 43.1 Å². The molecule has 0 spiro atoms. The lowest BCUT2D eigenvalue weighted by molar-refractivity contribution is 0.283. The van der Waals surface area contributed by atoms with E-state index < -0.39 is 0 Å². The average Bonchev–Trinajstić information content (AvgIpc) is 2.91. The summed E-state index contributed by atoms with van der Waals surface area (Å²) >= 11 is 0. The van der Waals surface area contributed by atoms with Gasteiger partial charge in [-0.1, -0.05) is 25.1 Å². The van der Waals surface area contributed by atoms with Gasteiger partial charge in [-0.15, -0.1) is 0 Å². The predicted molar refractivity (Wildman–Crippen MR) is 79.2 cm³/mol. The van der Waals surface area contributed by atoms with Crippen molar-refractivity contribution in [2.24, 2.45) is 0 Å². The molecule has 0 radical (unpaired) electrons. The van der Waals surface area contributed by atoms with Crippen molar-refractivity contribution in [3.63, 3.8) is 0 Å². The summed E-state index contributed by atoms with van der Waals surface area (Å²) in [5, 5.41) is 3.54. The molecule has 2 heterocycles. The van der Waals surface area contributed by atoms with Crippen molar-refractivity contribution in [2.75, 3.05) is 13.2 Å². The molecule has 1 aliphatic rings. The Morgan fingerprint density at radius 1 is 1.35 bits per heavy atom. The Morgan fingerprint density at radius 3 is 3.00 bits per heavy atom. The van der Waals surface area contributed by atoms with Gasteiger partial charge in [-0.3, -0.25) is 0 Å². The third-order valence-electron chi connectivity index (χ3n) is 3.77. The van der Waals surface area contributed by atoms with E-state index in [1.807, 2.05) is 13.2 Å². The number of nitrogens with one attached hydrogen (secondary N) is 1. The Labute approximate surface area is 119 Å². The van der Waals surface area contributed by atoms with E-state index in [9.17, 15) is 0 Å². The zero-order valence-electron chi connectivity index (χ0n) is 12.1. The standard InChI is InChI=1S/C17H21NO2/c1-3-18-16(14-10-12(2)20-11-14)15-8-4-6-13-7-5-9-19-17(13)15/h4,6,8,10-11,16,18H,3,5,7,9H2,1-2H3. The van der Waals surface area contributed by atoms with Crippen LogP contribution in [0.25, 0.3) is 0 Å². The number of hydrogen-bond acceptors (Lipinski definition) is 3. The molecule has 3 nitrogen and oxygen atoms in total. The number of rotatable bonds is 4. The molecule has 1 aromatic heterocycles. The first-order chi connectivity index (χ1) is 9.79. The van der Waals surface area contributed by atoms with E-state index >= 15 is 0 Å². The number of para-hydroxylation sites is 1. The predicted octanol–water partition coefficient (Wildman–Crippen LogP) is 3.61. The molecule has 1 atom stereocenters. The molecule has 0 aliphatic carbocycles. The van der Waals surface area contributed by atoms with Crippen LogP contribution in [-0.2, 0) is 6.42 Å². The summed E-state index contributed by atoms with van der Waals surface area (Å²) < 4.78 is 11.4. The minimum atomic E-state index is 0.130. The van der Waals surface area contributed by atoms with E-state index in [4.69, 9.17) is 9.15 Å². The number of fused-ring (bicyclic) bond motifs is 1. The largest absolute Gasteiger partial charge is 0.493 e. The minimum Gasteiger partial charge on any atom is -0.493 e. The van der Waals surface area contributed by atoms with Crippen LogP contribution in [0.4, 0.5) is 0 Å². The first-order valence-electron chi connectivity index (χ1n) is 7.32. The second-order valence-electron chi connectivity index (χ2n) is 5.27. The molecule has 3 heteroatoms. The molecular weight excluding hydrogens is 250 g/mol. The normalized spacial score (nSPS) is 15.5. The fraction of sp³-hybridized carbons (Fsp3) is 0.412. The molecule has 0 saturated heterocycles. The van der Waals surface area contributed by atoms with Gasteiger partial charge in [0.15, 0.2) is 0 Å². The lowest BCUT2D eigenvalue weighted by Gasteiger charge is -2.25. The maximum absolute atomic E-state index is 5.94. The number of hydrogen-bond donors (Lipinski definition) is 1. The van der Waals surface area contributed by atoms with Crippen molar-refractivity contribution >= 4 is 0 Å². The van der Waals surface area contributed by atoms with Gasteiger partial charge in [0.25, 0.3) is 0 Å². The molecular formula is C17H21NO2. The molecule has 0 bridgehead atoms. The Balaban J connectivity index is 2.03. The fourth-order valence-electron chi connectivity index (χ4n) is 2.87. The highest BCUT2D eigenvalue weighted by molar-refractivity contribution is 5.47. The zero-order valence-corrected chi connectivity index (χ0v) is 12.1. The van der Waals surface area contributed by atoms with Crippen LogP contribution in [-0.4, -0.2) is 13.2 Å². The highest BCUT2D eigenvalue weighted by atomic mass is 16.5. The molecule has 1 unspecified atom stereocenters. The first kappa shape index (κ1) is 13.3. The Bertz CT molecular complexity index is 588. The molecule has 20 heavy (non-hydrogen) atoms. The monoisotopic (exact) mass is 271 g/mol. The fourth-order valence-corrected chi connectivity index (χ4v) is 2.87. The number of aryl methyl sites for hydroxylation is 2. The van der Waals surface area contributed by atoms with Crippen LogP contribution in [0.3, 0.4) is 0 Å². The van der Waals surface area contributed by atoms with Crippen molar-refractivity contribution < 1.29 is 9.15 Å². The topological polar surface area (TPSA) is 34.4 Å². The van der Waals surface area contributed by atoms with Crippen LogP contribution in [0.5, 0.6) is 5.75 Å². The van der Waals surface area contributed by atoms with Crippen molar-refractivity contribution in [3.05, 3.63) is 53.0 Å². The summed E-state index contributed by atoms with van der Waals surface area (Å²) in [6.45, 7) is 5.81. The maximum atomic E-state index is 5.94. The molecule has 106 valence electrons. The van der Waals surface area contributed by atoms with E-state index in [2.05, 4.69) is 36.5 Å². The first-order valence-corrected chi connectivity index (χ1v) is 7.32. The highest BCUT2D eigenvalue weighted by Gasteiger charge is 2.22. The molecule has 3 rings (SSSR count). The van der Waals surface area contributed by atoms with Crippen LogP contribution in [0.1, 0.15) is 41.8 Å². The molecule has 0 amide bonds. The van der Waals surface area contributed by atoms with Gasteiger partial charge in [-0.2, -0.15) is 0 Å². The van der Waals surface area contributed by atoms with Gasteiger partial charge in [0.1, 0.15) is 11.5 Å².